The second kappa shape index (κ2) is 8.38. The molecule has 1 N–H and O–H groups in total. The molecule has 1 saturated heterocycles. The summed E-state index contributed by atoms with van der Waals surface area (Å²) in [6.07, 6.45) is -0.367. The molecule has 1 heterocycles. The first-order chi connectivity index (χ1) is 13.2. The molecule has 2 aliphatic rings. The maximum atomic E-state index is 12.9. The Labute approximate surface area is 162 Å². The van der Waals surface area contributed by atoms with E-state index in [-0.39, 0.29) is 36.5 Å². The standard InChI is InChI=1S/C18H24F3N3O3S/c19-18(20,21)14-4-3-7-16(12-14)28(26,27)24-10-8-23(9-11-24)13-17(25)22-15-5-1-2-6-15/h3-4,7,12,15H,1-2,5-6,8-11,13H2,(H,22,25). The van der Waals surface area contributed by atoms with Crippen LogP contribution in [0.3, 0.4) is 0 Å². The van der Waals surface area contributed by atoms with E-state index in [9.17, 15) is 26.4 Å². The quantitative estimate of drug-likeness (QED) is 0.793. The summed E-state index contributed by atoms with van der Waals surface area (Å²) in [5.41, 5.74) is -0.990. The number of rotatable bonds is 5. The molecular formula is C18H24F3N3O3S. The van der Waals surface area contributed by atoms with Crippen LogP contribution in [0.25, 0.3) is 0 Å². The highest BCUT2D eigenvalue weighted by molar-refractivity contribution is 7.89. The number of nitrogens with one attached hydrogen (secondary N) is 1. The number of halogens is 3. The number of amides is 1. The smallest absolute Gasteiger partial charge is 0.352 e. The predicted octanol–water partition coefficient (Wildman–Crippen LogP) is 2.07. The van der Waals surface area contributed by atoms with Gasteiger partial charge >= 0.3 is 6.18 Å². The highest BCUT2D eigenvalue weighted by Gasteiger charge is 2.34. The predicted molar refractivity (Wildman–Crippen MR) is 97.0 cm³/mol. The molecule has 3 rings (SSSR count). The van der Waals surface area contributed by atoms with Crippen molar-refractivity contribution >= 4 is 15.9 Å². The molecule has 0 bridgehead atoms. The summed E-state index contributed by atoms with van der Waals surface area (Å²) in [6, 6.07) is 4.01. The van der Waals surface area contributed by atoms with Crippen LogP contribution in [0.1, 0.15) is 31.2 Å². The van der Waals surface area contributed by atoms with E-state index in [0.717, 1.165) is 37.8 Å². The first kappa shape index (κ1) is 21.1. The Balaban J connectivity index is 1.57. The lowest BCUT2D eigenvalue weighted by Gasteiger charge is -2.33. The Bertz CT molecular complexity index is 800. The highest BCUT2D eigenvalue weighted by atomic mass is 32.2. The van der Waals surface area contributed by atoms with Crippen LogP contribution in [-0.4, -0.2) is 62.3 Å². The molecule has 28 heavy (non-hydrogen) atoms. The maximum Gasteiger partial charge on any atom is 0.416 e. The number of piperazine rings is 1. The van der Waals surface area contributed by atoms with Crippen LogP contribution >= 0.6 is 0 Å². The molecule has 1 aliphatic heterocycles. The minimum Gasteiger partial charge on any atom is -0.352 e. The normalized spacial score (nSPS) is 20.4. The van der Waals surface area contributed by atoms with Gasteiger partial charge in [0, 0.05) is 32.2 Å². The fourth-order valence-corrected chi connectivity index (χ4v) is 5.13. The summed E-state index contributed by atoms with van der Waals surface area (Å²) in [4.78, 5) is 13.6. The molecular weight excluding hydrogens is 395 g/mol. The van der Waals surface area contributed by atoms with Crippen molar-refractivity contribution < 1.29 is 26.4 Å². The van der Waals surface area contributed by atoms with E-state index in [1.165, 1.54) is 10.4 Å². The third-order valence-electron chi connectivity index (χ3n) is 5.22. The summed E-state index contributed by atoms with van der Waals surface area (Å²) in [7, 11) is -4.01. The highest BCUT2D eigenvalue weighted by Crippen LogP contribution is 2.31. The second-order valence-corrected chi connectivity index (χ2v) is 9.19. The van der Waals surface area contributed by atoms with Crippen molar-refractivity contribution in [2.45, 2.75) is 42.8 Å². The van der Waals surface area contributed by atoms with E-state index in [2.05, 4.69) is 5.32 Å². The lowest BCUT2D eigenvalue weighted by Crippen LogP contribution is -2.51. The lowest BCUT2D eigenvalue weighted by atomic mass is 10.2. The molecule has 0 spiro atoms. The zero-order chi connectivity index (χ0) is 20.4. The average molecular weight is 419 g/mol. The van der Waals surface area contributed by atoms with Gasteiger partial charge in [0.25, 0.3) is 0 Å². The lowest BCUT2D eigenvalue weighted by molar-refractivity contribution is -0.137. The van der Waals surface area contributed by atoms with E-state index < -0.39 is 21.8 Å². The molecule has 0 unspecified atom stereocenters. The van der Waals surface area contributed by atoms with Crippen LogP contribution < -0.4 is 5.32 Å². The molecule has 1 amide bonds. The van der Waals surface area contributed by atoms with Crippen LogP contribution in [0, 0.1) is 0 Å². The largest absolute Gasteiger partial charge is 0.416 e. The van der Waals surface area contributed by atoms with E-state index in [0.29, 0.717) is 19.2 Å². The van der Waals surface area contributed by atoms with Gasteiger partial charge < -0.3 is 5.32 Å². The average Bonchev–Trinajstić information content (AvgIpc) is 3.14. The Morgan fingerprint density at radius 2 is 1.75 bits per heavy atom. The van der Waals surface area contributed by atoms with Crippen LogP contribution in [0.15, 0.2) is 29.2 Å². The minimum absolute atomic E-state index is 0.0684. The van der Waals surface area contributed by atoms with Crippen molar-refractivity contribution in [1.29, 1.82) is 0 Å². The number of benzene rings is 1. The topological polar surface area (TPSA) is 69.7 Å². The Hall–Kier alpha value is -1.65. The van der Waals surface area contributed by atoms with E-state index in [4.69, 9.17) is 0 Å². The molecule has 0 radical (unpaired) electrons. The number of hydrogen-bond donors (Lipinski definition) is 1. The molecule has 6 nitrogen and oxygen atoms in total. The summed E-state index contributed by atoms with van der Waals surface area (Å²) in [5, 5.41) is 2.99. The van der Waals surface area contributed by atoms with E-state index in [1.54, 1.807) is 0 Å². The van der Waals surface area contributed by atoms with Crippen molar-refractivity contribution in [3.63, 3.8) is 0 Å². The first-order valence-electron chi connectivity index (χ1n) is 9.35. The van der Waals surface area contributed by atoms with Crippen LogP contribution in [0.5, 0.6) is 0 Å². The molecule has 156 valence electrons. The summed E-state index contributed by atoms with van der Waals surface area (Å²) in [5.74, 6) is -0.0684. The van der Waals surface area contributed by atoms with Gasteiger partial charge in [-0.15, -0.1) is 0 Å². The van der Waals surface area contributed by atoms with E-state index >= 15 is 0 Å². The third kappa shape index (κ3) is 5.03. The van der Waals surface area contributed by atoms with Gasteiger partial charge in [0.1, 0.15) is 0 Å². The van der Waals surface area contributed by atoms with Crippen LogP contribution in [0.4, 0.5) is 13.2 Å². The SMILES string of the molecule is O=C(CN1CCN(S(=O)(=O)c2cccc(C(F)(F)F)c2)CC1)NC1CCCC1. The van der Waals surface area contributed by atoms with Crippen molar-refractivity contribution in [3.05, 3.63) is 29.8 Å². The molecule has 1 aromatic carbocycles. The van der Waals surface area contributed by atoms with Crippen molar-refractivity contribution in [2.24, 2.45) is 0 Å². The zero-order valence-electron chi connectivity index (χ0n) is 15.4. The molecule has 0 aromatic heterocycles. The van der Waals surface area contributed by atoms with Crippen molar-refractivity contribution in [3.8, 4) is 0 Å². The number of nitrogens with zero attached hydrogens (tertiary/aromatic N) is 2. The zero-order valence-corrected chi connectivity index (χ0v) is 16.2. The maximum absolute atomic E-state index is 12.9. The third-order valence-corrected chi connectivity index (χ3v) is 7.11. The van der Waals surface area contributed by atoms with Gasteiger partial charge in [0.05, 0.1) is 17.0 Å². The summed E-state index contributed by atoms with van der Waals surface area (Å²) >= 11 is 0. The van der Waals surface area contributed by atoms with Crippen molar-refractivity contribution in [1.82, 2.24) is 14.5 Å². The second-order valence-electron chi connectivity index (χ2n) is 7.25. The Morgan fingerprint density at radius 1 is 1.11 bits per heavy atom. The van der Waals surface area contributed by atoms with Gasteiger partial charge in [-0.3, -0.25) is 9.69 Å². The van der Waals surface area contributed by atoms with Gasteiger partial charge in [-0.05, 0) is 31.0 Å². The Kier molecular flexibility index (Phi) is 6.31. The number of carbonyl (C=O) groups is 1. The van der Waals surface area contributed by atoms with Gasteiger partial charge in [-0.1, -0.05) is 18.9 Å². The monoisotopic (exact) mass is 419 g/mol. The fraction of sp³-hybridized carbons (Fsp3) is 0.611. The summed E-state index contributed by atoms with van der Waals surface area (Å²) < 4.78 is 65.1. The molecule has 0 atom stereocenters. The number of hydrogen-bond acceptors (Lipinski definition) is 4. The fourth-order valence-electron chi connectivity index (χ4n) is 3.66. The minimum atomic E-state index is -4.60. The molecule has 1 aliphatic carbocycles. The van der Waals surface area contributed by atoms with Gasteiger partial charge in [0.2, 0.25) is 15.9 Å². The molecule has 2 fully saturated rings. The first-order valence-corrected chi connectivity index (χ1v) is 10.8. The van der Waals surface area contributed by atoms with E-state index in [1.807, 2.05) is 4.90 Å². The van der Waals surface area contributed by atoms with Crippen molar-refractivity contribution in [2.75, 3.05) is 32.7 Å². The van der Waals surface area contributed by atoms with Gasteiger partial charge in [-0.2, -0.15) is 17.5 Å². The van der Waals surface area contributed by atoms with Gasteiger partial charge in [0.15, 0.2) is 0 Å². The van der Waals surface area contributed by atoms with Crippen LogP contribution in [0.2, 0.25) is 0 Å². The molecule has 1 aromatic rings. The summed E-state index contributed by atoms with van der Waals surface area (Å²) in [6.45, 7) is 1.19. The number of alkyl halides is 3. The number of sulfonamides is 1. The number of carbonyl (C=O) groups excluding carboxylic acids is 1. The van der Waals surface area contributed by atoms with Crippen LogP contribution in [-0.2, 0) is 21.0 Å². The molecule has 10 heteroatoms. The Morgan fingerprint density at radius 3 is 2.36 bits per heavy atom. The van der Waals surface area contributed by atoms with Gasteiger partial charge in [-0.25, -0.2) is 8.42 Å². The molecule has 1 saturated carbocycles.